The first-order valence-electron chi connectivity index (χ1n) is 10.4. The second kappa shape index (κ2) is 10.1. The Morgan fingerprint density at radius 1 is 1.17 bits per heavy atom. The van der Waals surface area contributed by atoms with Gasteiger partial charge in [0.05, 0.1) is 10.9 Å². The lowest BCUT2D eigenvalue weighted by molar-refractivity contribution is 0.0513. The van der Waals surface area contributed by atoms with E-state index in [0.717, 1.165) is 18.4 Å². The van der Waals surface area contributed by atoms with E-state index in [2.05, 4.69) is 10.3 Å². The molecule has 8 heteroatoms. The molecule has 2 aromatic rings. The monoisotopic (exact) mass is 431 g/mol. The third-order valence-electron chi connectivity index (χ3n) is 5.53. The molecule has 1 unspecified atom stereocenters. The predicted octanol–water partition coefficient (Wildman–Crippen LogP) is 3.01. The van der Waals surface area contributed by atoms with Crippen molar-refractivity contribution in [1.29, 1.82) is 0 Å². The van der Waals surface area contributed by atoms with Crippen LogP contribution in [0, 0.1) is 5.92 Å². The van der Waals surface area contributed by atoms with Crippen LogP contribution in [0.1, 0.15) is 48.7 Å². The first-order valence-corrected chi connectivity index (χ1v) is 11.8. The van der Waals surface area contributed by atoms with Gasteiger partial charge in [0.25, 0.3) is 5.91 Å². The Kier molecular flexibility index (Phi) is 7.58. The molecular weight excluding hydrogens is 402 g/mol. The highest BCUT2D eigenvalue weighted by Gasteiger charge is 2.28. The Bertz CT molecular complexity index is 923. The number of aromatic nitrogens is 1. The molecule has 7 nitrogen and oxygen atoms in total. The number of sulfonamides is 1. The standard InChI is InChI=1S/C22H29N3O4S/c1-3-25(4-2)30(27,28)20-9-7-18(8-10-20)22(26)24-21(17-11-14-29-15-12-17)19-6-5-13-23-16-19/h5-10,13,16-17,21H,3-4,11-12,14-15H2,1-2H3,(H,24,26). The van der Waals surface area contributed by atoms with Gasteiger partial charge in [0, 0.05) is 44.3 Å². The average molecular weight is 432 g/mol. The van der Waals surface area contributed by atoms with Gasteiger partial charge in [-0.3, -0.25) is 9.78 Å². The fourth-order valence-electron chi connectivity index (χ4n) is 3.80. The van der Waals surface area contributed by atoms with Crippen LogP contribution >= 0.6 is 0 Å². The summed E-state index contributed by atoms with van der Waals surface area (Å²) in [6.45, 7) is 5.76. The molecule has 1 saturated heterocycles. The summed E-state index contributed by atoms with van der Waals surface area (Å²) < 4.78 is 32.2. The van der Waals surface area contributed by atoms with Gasteiger partial charge in [-0.05, 0) is 54.7 Å². The smallest absolute Gasteiger partial charge is 0.251 e. The van der Waals surface area contributed by atoms with Gasteiger partial charge >= 0.3 is 0 Å². The average Bonchev–Trinajstić information content (AvgIpc) is 2.79. The zero-order valence-electron chi connectivity index (χ0n) is 17.5. The van der Waals surface area contributed by atoms with E-state index in [4.69, 9.17) is 4.74 Å². The number of nitrogens with zero attached hydrogens (tertiary/aromatic N) is 2. The Hall–Kier alpha value is -2.29. The largest absolute Gasteiger partial charge is 0.381 e. The van der Waals surface area contributed by atoms with E-state index in [1.165, 1.54) is 16.4 Å². The highest BCUT2D eigenvalue weighted by Crippen LogP contribution is 2.30. The minimum absolute atomic E-state index is 0.172. The molecule has 2 heterocycles. The van der Waals surface area contributed by atoms with E-state index in [1.54, 1.807) is 38.4 Å². The Morgan fingerprint density at radius 3 is 2.40 bits per heavy atom. The lowest BCUT2D eigenvalue weighted by Crippen LogP contribution is -2.36. The van der Waals surface area contributed by atoms with Crippen LogP contribution in [-0.4, -0.2) is 49.9 Å². The predicted molar refractivity (Wildman–Crippen MR) is 115 cm³/mol. The molecule has 0 radical (unpaired) electrons. The van der Waals surface area contributed by atoms with Crippen molar-refractivity contribution in [2.24, 2.45) is 5.92 Å². The van der Waals surface area contributed by atoms with Crippen molar-refractivity contribution in [1.82, 2.24) is 14.6 Å². The Labute approximate surface area is 178 Å². The van der Waals surface area contributed by atoms with Crippen molar-refractivity contribution in [3.8, 4) is 0 Å². The van der Waals surface area contributed by atoms with E-state index in [-0.39, 0.29) is 22.8 Å². The first kappa shape index (κ1) is 22.4. The maximum atomic E-state index is 13.0. The lowest BCUT2D eigenvalue weighted by atomic mass is 9.87. The fourth-order valence-corrected chi connectivity index (χ4v) is 5.26. The van der Waals surface area contributed by atoms with Crippen LogP contribution in [-0.2, 0) is 14.8 Å². The number of pyridine rings is 1. The lowest BCUT2D eigenvalue weighted by Gasteiger charge is -2.31. The molecule has 1 aliphatic rings. The van der Waals surface area contributed by atoms with Crippen LogP contribution in [0.2, 0.25) is 0 Å². The fraction of sp³-hybridized carbons (Fsp3) is 0.455. The number of hydrogen-bond acceptors (Lipinski definition) is 5. The van der Waals surface area contributed by atoms with Gasteiger partial charge in [-0.25, -0.2) is 8.42 Å². The van der Waals surface area contributed by atoms with E-state index in [1.807, 2.05) is 12.1 Å². The van der Waals surface area contributed by atoms with Gasteiger partial charge in [-0.15, -0.1) is 0 Å². The van der Waals surface area contributed by atoms with Gasteiger partial charge in [0.1, 0.15) is 0 Å². The second-order valence-corrected chi connectivity index (χ2v) is 9.24. The number of carbonyl (C=O) groups is 1. The number of benzene rings is 1. The van der Waals surface area contributed by atoms with E-state index < -0.39 is 10.0 Å². The molecule has 1 atom stereocenters. The first-order chi connectivity index (χ1) is 14.5. The SMILES string of the molecule is CCN(CC)S(=O)(=O)c1ccc(C(=O)NC(c2cccnc2)C2CCOCC2)cc1. The molecule has 0 spiro atoms. The molecule has 1 fully saturated rings. The van der Waals surface area contributed by atoms with E-state index in [0.29, 0.717) is 31.9 Å². The van der Waals surface area contributed by atoms with Crippen molar-refractivity contribution in [2.45, 2.75) is 37.6 Å². The number of carbonyl (C=O) groups excluding carboxylic acids is 1. The zero-order chi connectivity index (χ0) is 21.6. The maximum absolute atomic E-state index is 13.0. The minimum atomic E-state index is -3.55. The van der Waals surface area contributed by atoms with Crippen LogP contribution in [0.5, 0.6) is 0 Å². The summed E-state index contributed by atoms with van der Waals surface area (Å²) in [6.07, 6.45) is 5.21. The summed E-state index contributed by atoms with van der Waals surface area (Å²) >= 11 is 0. The third-order valence-corrected chi connectivity index (χ3v) is 7.59. The molecule has 1 aromatic heterocycles. The third kappa shape index (κ3) is 5.06. The molecule has 1 aromatic carbocycles. The zero-order valence-corrected chi connectivity index (χ0v) is 18.3. The normalized spacial score (nSPS) is 16.4. The number of hydrogen-bond donors (Lipinski definition) is 1. The molecule has 1 N–H and O–H groups in total. The highest BCUT2D eigenvalue weighted by molar-refractivity contribution is 7.89. The minimum Gasteiger partial charge on any atom is -0.381 e. The number of nitrogens with one attached hydrogen (secondary N) is 1. The van der Waals surface area contributed by atoms with Crippen molar-refractivity contribution >= 4 is 15.9 Å². The van der Waals surface area contributed by atoms with Gasteiger partial charge in [0.2, 0.25) is 10.0 Å². The second-order valence-electron chi connectivity index (χ2n) is 7.30. The molecular formula is C22H29N3O4S. The van der Waals surface area contributed by atoms with E-state index in [9.17, 15) is 13.2 Å². The van der Waals surface area contributed by atoms with Gasteiger partial charge in [-0.2, -0.15) is 4.31 Å². The summed E-state index contributed by atoms with van der Waals surface area (Å²) in [4.78, 5) is 17.3. The molecule has 0 aliphatic carbocycles. The molecule has 30 heavy (non-hydrogen) atoms. The molecule has 162 valence electrons. The van der Waals surface area contributed by atoms with Gasteiger partial charge < -0.3 is 10.1 Å². The van der Waals surface area contributed by atoms with Gasteiger partial charge in [-0.1, -0.05) is 19.9 Å². The summed E-state index contributed by atoms with van der Waals surface area (Å²) in [5, 5.41) is 3.13. The summed E-state index contributed by atoms with van der Waals surface area (Å²) in [5.41, 5.74) is 1.38. The number of rotatable bonds is 8. The molecule has 0 bridgehead atoms. The van der Waals surface area contributed by atoms with Crippen molar-refractivity contribution in [3.63, 3.8) is 0 Å². The van der Waals surface area contributed by atoms with Crippen LogP contribution in [0.4, 0.5) is 0 Å². The van der Waals surface area contributed by atoms with E-state index >= 15 is 0 Å². The highest BCUT2D eigenvalue weighted by atomic mass is 32.2. The van der Waals surface area contributed by atoms with Crippen LogP contribution < -0.4 is 5.32 Å². The van der Waals surface area contributed by atoms with Crippen LogP contribution in [0.3, 0.4) is 0 Å². The Balaban J connectivity index is 1.79. The van der Waals surface area contributed by atoms with Crippen LogP contribution in [0.25, 0.3) is 0 Å². The van der Waals surface area contributed by atoms with Gasteiger partial charge in [0.15, 0.2) is 0 Å². The topological polar surface area (TPSA) is 88.6 Å². The van der Waals surface area contributed by atoms with Crippen LogP contribution in [0.15, 0.2) is 53.7 Å². The maximum Gasteiger partial charge on any atom is 0.251 e. The quantitative estimate of drug-likeness (QED) is 0.694. The number of amides is 1. The molecule has 3 rings (SSSR count). The summed E-state index contributed by atoms with van der Waals surface area (Å²) in [7, 11) is -3.55. The van der Waals surface area contributed by atoms with Crippen molar-refractivity contribution < 1.29 is 17.9 Å². The molecule has 0 saturated carbocycles. The summed E-state index contributed by atoms with van der Waals surface area (Å²) in [6, 6.07) is 9.78. The number of ether oxygens (including phenoxy) is 1. The molecule has 1 amide bonds. The van der Waals surface area contributed by atoms with Crippen molar-refractivity contribution in [3.05, 3.63) is 59.9 Å². The molecule has 1 aliphatic heterocycles. The summed E-state index contributed by atoms with van der Waals surface area (Å²) in [5.74, 6) is 0.0244. The Morgan fingerprint density at radius 2 is 1.83 bits per heavy atom. The van der Waals surface area contributed by atoms with Crippen molar-refractivity contribution in [2.75, 3.05) is 26.3 Å².